The first-order valence-corrected chi connectivity index (χ1v) is 6.54. The van der Waals surface area contributed by atoms with E-state index in [-0.39, 0.29) is 18.5 Å². The molecule has 118 valence electrons. The molecule has 0 saturated carbocycles. The third kappa shape index (κ3) is 3.24. The fourth-order valence-electron chi connectivity index (χ4n) is 2.30. The predicted octanol–water partition coefficient (Wildman–Crippen LogP) is 0.957. The van der Waals surface area contributed by atoms with Crippen LogP contribution in [0.2, 0.25) is 0 Å². The normalized spacial score (nSPS) is 25.6. The zero-order valence-electron chi connectivity index (χ0n) is 12.7. The number of aliphatic carboxylic acids is 1. The molecule has 1 saturated heterocycles. The van der Waals surface area contributed by atoms with Crippen molar-refractivity contribution in [3.8, 4) is 0 Å². The summed E-state index contributed by atoms with van der Waals surface area (Å²) in [7, 11) is 0. The summed E-state index contributed by atoms with van der Waals surface area (Å²) in [5, 5.41) is 19.3. The van der Waals surface area contributed by atoms with Gasteiger partial charge in [-0.1, -0.05) is 6.58 Å². The van der Waals surface area contributed by atoms with Crippen molar-refractivity contribution in [2.45, 2.75) is 51.4 Å². The lowest BCUT2D eigenvalue weighted by atomic mass is 9.87. The van der Waals surface area contributed by atoms with Crippen molar-refractivity contribution in [2.24, 2.45) is 0 Å². The largest absolute Gasteiger partial charge is 0.479 e. The Bertz CT molecular complexity index is 492. The van der Waals surface area contributed by atoms with E-state index in [4.69, 9.17) is 4.74 Å². The van der Waals surface area contributed by atoms with E-state index in [1.807, 2.05) is 0 Å². The number of hydrogen-bond acceptors (Lipinski definition) is 5. The Morgan fingerprint density at radius 2 is 1.86 bits per heavy atom. The lowest BCUT2D eigenvalue weighted by molar-refractivity contribution is -0.154. The highest BCUT2D eigenvalue weighted by molar-refractivity contribution is 6.17. The molecule has 1 aliphatic rings. The lowest BCUT2D eigenvalue weighted by Gasteiger charge is -2.34. The van der Waals surface area contributed by atoms with Crippen LogP contribution in [-0.2, 0) is 14.3 Å². The van der Waals surface area contributed by atoms with Crippen molar-refractivity contribution >= 4 is 17.8 Å². The number of ketones is 1. The zero-order chi connectivity index (χ0) is 16.6. The molecule has 0 radical (unpaired) electrons. The summed E-state index contributed by atoms with van der Waals surface area (Å²) in [5.74, 6) is -2.31. The van der Waals surface area contributed by atoms with E-state index in [0.717, 1.165) is 4.90 Å². The Kier molecular flexibility index (Phi) is 4.48. The van der Waals surface area contributed by atoms with Gasteiger partial charge < -0.3 is 14.9 Å². The molecule has 0 bridgehead atoms. The molecular weight excluding hydrogens is 278 g/mol. The van der Waals surface area contributed by atoms with Crippen LogP contribution in [0.4, 0.5) is 4.79 Å². The first-order chi connectivity index (χ1) is 9.41. The van der Waals surface area contributed by atoms with Gasteiger partial charge in [0.05, 0.1) is 12.6 Å². The highest BCUT2D eigenvalue weighted by Gasteiger charge is 2.59. The lowest BCUT2D eigenvalue weighted by Crippen LogP contribution is -2.59. The number of carboxylic acid groups (broad SMARTS) is 1. The fraction of sp³-hybridized carbons (Fsp3) is 0.643. The van der Waals surface area contributed by atoms with Gasteiger partial charge in [0, 0.05) is 6.42 Å². The second-order valence-corrected chi connectivity index (χ2v) is 6.22. The van der Waals surface area contributed by atoms with E-state index in [1.165, 1.54) is 6.92 Å². The molecule has 0 aromatic rings. The molecule has 21 heavy (non-hydrogen) atoms. The average molecular weight is 299 g/mol. The number of rotatable bonds is 3. The monoisotopic (exact) mass is 299 g/mol. The molecule has 0 aromatic carbocycles. The number of likely N-dealkylation sites (tertiary alicyclic amines) is 1. The van der Waals surface area contributed by atoms with Gasteiger partial charge in [-0.25, -0.2) is 9.59 Å². The van der Waals surface area contributed by atoms with Crippen molar-refractivity contribution < 1.29 is 29.3 Å². The molecule has 1 fully saturated rings. The van der Waals surface area contributed by atoms with Crippen molar-refractivity contribution in [3.05, 3.63) is 12.2 Å². The fourth-order valence-corrected chi connectivity index (χ4v) is 2.30. The van der Waals surface area contributed by atoms with Crippen LogP contribution in [0.3, 0.4) is 0 Å². The number of carboxylic acids is 1. The van der Waals surface area contributed by atoms with Crippen LogP contribution in [0.5, 0.6) is 0 Å². The number of β-amino-alcohol motifs (C(OH)–C–C–N with tert-alkyl or cyclic N) is 1. The summed E-state index contributed by atoms with van der Waals surface area (Å²) in [5.41, 5.74) is -3.01. The molecule has 1 unspecified atom stereocenters. The molecule has 1 aliphatic heterocycles. The highest BCUT2D eigenvalue weighted by atomic mass is 16.6. The number of carbonyl (C=O) groups excluding carboxylic acids is 2. The van der Waals surface area contributed by atoms with E-state index in [0.29, 0.717) is 0 Å². The molecule has 7 heteroatoms. The number of amides is 1. The molecular formula is C14H21NO6. The van der Waals surface area contributed by atoms with Crippen LogP contribution in [0.1, 0.15) is 34.1 Å². The van der Waals surface area contributed by atoms with Gasteiger partial charge in [-0.3, -0.25) is 9.69 Å². The molecule has 2 N–H and O–H groups in total. The summed E-state index contributed by atoms with van der Waals surface area (Å²) in [4.78, 5) is 36.9. The highest BCUT2D eigenvalue weighted by Crippen LogP contribution is 2.34. The third-order valence-electron chi connectivity index (χ3n) is 3.12. The van der Waals surface area contributed by atoms with Crippen LogP contribution >= 0.6 is 0 Å². The van der Waals surface area contributed by atoms with Gasteiger partial charge in [0.15, 0.2) is 5.78 Å². The van der Waals surface area contributed by atoms with Crippen molar-refractivity contribution in [1.82, 2.24) is 4.90 Å². The smallest absolute Gasteiger partial charge is 0.411 e. The van der Waals surface area contributed by atoms with E-state index in [9.17, 15) is 24.6 Å². The topological polar surface area (TPSA) is 104 Å². The van der Waals surface area contributed by atoms with Gasteiger partial charge in [0.25, 0.3) is 0 Å². The minimum Gasteiger partial charge on any atom is -0.479 e. The first-order valence-electron chi connectivity index (χ1n) is 6.54. The number of hydrogen-bond donors (Lipinski definition) is 2. The summed E-state index contributed by atoms with van der Waals surface area (Å²) in [6, 6.07) is 0. The Morgan fingerprint density at radius 1 is 1.33 bits per heavy atom. The number of nitrogens with zero attached hydrogens (tertiary/aromatic N) is 1. The van der Waals surface area contributed by atoms with Crippen molar-refractivity contribution in [1.29, 1.82) is 0 Å². The van der Waals surface area contributed by atoms with Crippen LogP contribution in [-0.4, -0.2) is 56.7 Å². The number of aliphatic hydroxyl groups is 1. The third-order valence-corrected chi connectivity index (χ3v) is 3.12. The van der Waals surface area contributed by atoms with E-state index in [1.54, 1.807) is 20.8 Å². The maximum atomic E-state index is 12.3. The van der Waals surface area contributed by atoms with Crippen molar-refractivity contribution in [2.75, 3.05) is 6.54 Å². The molecule has 1 heterocycles. The Labute approximate surface area is 123 Å². The summed E-state index contributed by atoms with van der Waals surface area (Å²) >= 11 is 0. The Hall–Kier alpha value is -1.89. The Morgan fingerprint density at radius 3 is 2.24 bits per heavy atom. The summed E-state index contributed by atoms with van der Waals surface area (Å²) in [6.07, 6.45) is -2.44. The molecule has 2 atom stereocenters. The predicted molar refractivity (Wildman–Crippen MR) is 73.8 cm³/mol. The van der Waals surface area contributed by atoms with Crippen LogP contribution < -0.4 is 0 Å². The van der Waals surface area contributed by atoms with Crippen LogP contribution in [0, 0.1) is 0 Å². The van der Waals surface area contributed by atoms with E-state index < -0.39 is 35.1 Å². The maximum absolute atomic E-state index is 12.3. The molecule has 0 aliphatic carbocycles. The van der Waals surface area contributed by atoms with Gasteiger partial charge in [-0.15, -0.1) is 0 Å². The maximum Gasteiger partial charge on any atom is 0.411 e. The van der Waals surface area contributed by atoms with E-state index in [2.05, 4.69) is 6.58 Å². The zero-order valence-corrected chi connectivity index (χ0v) is 12.7. The Balaban J connectivity index is 3.27. The minimum absolute atomic E-state index is 0.0000543. The second kappa shape index (κ2) is 5.48. The van der Waals surface area contributed by atoms with Gasteiger partial charge in [-0.05, 0) is 33.3 Å². The quantitative estimate of drug-likeness (QED) is 0.594. The number of carbonyl (C=O) groups is 3. The van der Waals surface area contributed by atoms with Crippen LogP contribution in [0.15, 0.2) is 12.2 Å². The molecule has 7 nitrogen and oxygen atoms in total. The van der Waals surface area contributed by atoms with Gasteiger partial charge >= 0.3 is 12.1 Å². The van der Waals surface area contributed by atoms with E-state index >= 15 is 0 Å². The molecule has 0 spiro atoms. The number of ether oxygens (including phenoxy) is 1. The summed E-state index contributed by atoms with van der Waals surface area (Å²) in [6.45, 7) is 9.41. The van der Waals surface area contributed by atoms with Gasteiger partial charge in [0.2, 0.25) is 5.54 Å². The van der Waals surface area contributed by atoms with Gasteiger partial charge in [-0.2, -0.15) is 0 Å². The second-order valence-electron chi connectivity index (χ2n) is 6.22. The van der Waals surface area contributed by atoms with Crippen LogP contribution in [0.25, 0.3) is 0 Å². The van der Waals surface area contributed by atoms with Crippen molar-refractivity contribution in [3.63, 3.8) is 0 Å². The average Bonchev–Trinajstić information content (AvgIpc) is 2.64. The van der Waals surface area contributed by atoms with Gasteiger partial charge in [0.1, 0.15) is 5.60 Å². The SMILES string of the molecule is C=C(C)C(=O)[C@@]1(C(=O)O)CC(O)CN1C(=O)OC(C)(C)C. The first kappa shape index (κ1) is 17.2. The summed E-state index contributed by atoms with van der Waals surface area (Å²) < 4.78 is 5.14. The molecule has 0 aromatic heterocycles. The molecule has 1 amide bonds. The minimum atomic E-state index is -2.16. The number of Topliss-reactive ketones (excluding diaryl/α,β-unsaturated/α-hetero) is 1. The molecule has 1 rings (SSSR count). The standard InChI is InChI=1S/C14H21NO6/c1-8(2)10(17)14(11(18)19)6-9(16)7-15(14)12(20)21-13(3,4)5/h9,16H,1,6-7H2,2-5H3,(H,18,19)/t9?,14-/m1/s1. The number of aliphatic hydroxyl groups excluding tert-OH is 1.